The first kappa shape index (κ1) is 31.9. The van der Waals surface area contributed by atoms with E-state index in [4.69, 9.17) is 19.4 Å². The molecule has 0 N–H and O–H groups in total. The number of nitrogens with zero attached hydrogens (tertiary/aromatic N) is 4. The van der Waals surface area contributed by atoms with Crippen molar-refractivity contribution < 1.29 is 4.42 Å². The molecule has 11 aromatic rings. The number of hydrogen-bond donors (Lipinski definition) is 0. The molecule has 0 amide bonds. The van der Waals surface area contributed by atoms with E-state index in [0.29, 0.717) is 17.5 Å². The maximum absolute atomic E-state index is 6.67. The second-order valence-electron chi connectivity index (χ2n) is 14.1. The average Bonchev–Trinajstić information content (AvgIpc) is 3.81. The van der Waals surface area contributed by atoms with Crippen molar-refractivity contribution in [3.05, 3.63) is 194 Å². The zero-order chi connectivity index (χ0) is 37.0. The highest BCUT2D eigenvalue weighted by atomic mass is 16.3. The summed E-state index contributed by atoms with van der Waals surface area (Å²) in [7, 11) is 0. The van der Waals surface area contributed by atoms with E-state index in [1.807, 2.05) is 60.7 Å². The summed E-state index contributed by atoms with van der Waals surface area (Å²) in [6, 6.07) is 67.5. The Labute approximate surface area is 322 Å². The van der Waals surface area contributed by atoms with Gasteiger partial charge in [0, 0.05) is 50.0 Å². The maximum Gasteiger partial charge on any atom is 0.164 e. The minimum absolute atomic E-state index is 0.623. The third-order valence-electron chi connectivity index (χ3n) is 10.6. The van der Waals surface area contributed by atoms with Crippen LogP contribution in [-0.4, -0.2) is 19.5 Å². The number of rotatable bonds is 6. The summed E-state index contributed by atoms with van der Waals surface area (Å²) < 4.78 is 9.02. The van der Waals surface area contributed by atoms with E-state index in [0.717, 1.165) is 66.5 Å². The van der Waals surface area contributed by atoms with Crippen LogP contribution in [0.15, 0.2) is 199 Å². The van der Waals surface area contributed by atoms with Gasteiger partial charge in [0.1, 0.15) is 11.2 Å². The Balaban J connectivity index is 0.996. The summed E-state index contributed by atoms with van der Waals surface area (Å²) in [6.45, 7) is 0. The third-order valence-corrected chi connectivity index (χ3v) is 10.6. The molecule has 0 bridgehead atoms. The summed E-state index contributed by atoms with van der Waals surface area (Å²) in [4.78, 5) is 14.8. The Morgan fingerprint density at radius 2 is 0.786 bits per heavy atom. The van der Waals surface area contributed by atoms with E-state index in [1.54, 1.807) is 0 Å². The summed E-state index contributed by atoms with van der Waals surface area (Å²) in [5, 5.41) is 4.62. The Hall–Kier alpha value is -7.63. The predicted molar refractivity (Wildman–Crippen MR) is 229 cm³/mol. The lowest BCUT2D eigenvalue weighted by Crippen LogP contribution is -2.00. The summed E-state index contributed by atoms with van der Waals surface area (Å²) in [5.74, 6) is 1.90. The van der Waals surface area contributed by atoms with Crippen molar-refractivity contribution in [2.45, 2.75) is 0 Å². The lowest BCUT2D eigenvalue weighted by atomic mass is 10.0. The van der Waals surface area contributed by atoms with Crippen molar-refractivity contribution in [1.29, 1.82) is 0 Å². The van der Waals surface area contributed by atoms with Gasteiger partial charge in [-0.15, -0.1) is 0 Å². The topological polar surface area (TPSA) is 56.7 Å². The molecule has 3 aromatic heterocycles. The minimum atomic E-state index is 0.623. The zero-order valence-electron chi connectivity index (χ0n) is 30.2. The van der Waals surface area contributed by atoms with Gasteiger partial charge in [-0.25, -0.2) is 15.0 Å². The van der Waals surface area contributed by atoms with Gasteiger partial charge in [-0.05, 0) is 64.7 Å². The molecule has 3 heterocycles. The van der Waals surface area contributed by atoms with Crippen molar-refractivity contribution in [3.8, 4) is 62.1 Å². The van der Waals surface area contributed by atoms with Crippen LogP contribution in [0.25, 0.3) is 106 Å². The standard InChI is InChI=1S/C51H32N4O/c1-4-13-33(14-5-1)37-23-26-42-41-21-10-11-22-45(41)55(46(42)30-37)40-25-28-44-43-27-24-38(31-47(43)56-48(44)32-40)36-19-12-20-39(29-36)51-53-49(34-15-6-2-7-16-34)52-50(54-51)35-17-8-3-9-18-35/h1-32H. The molecule has 0 aliphatic rings. The summed E-state index contributed by atoms with van der Waals surface area (Å²) in [5.41, 5.74) is 12.4. The van der Waals surface area contributed by atoms with Crippen molar-refractivity contribution in [2.75, 3.05) is 0 Å². The van der Waals surface area contributed by atoms with Crippen LogP contribution in [-0.2, 0) is 0 Å². The largest absolute Gasteiger partial charge is 0.456 e. The monoisotopic (exact) mass is 716 g/mol. The number of para-hydroxylation sites is 1. The number of benzene rings is 8. The molecule has 0 atom stereocenters. The smallest absolute Gasteiger partial charge is 0.164 e. The van der Waals surface area contributed by atoms with Crippen LogP contribution in [0.5, 0.6) is 0 Å². The number of fused-ring (bicyclic) bond motifs is 6. The normalized spacial score (nSPS) is 11.6. The number of aromatic nitrogens is 4. The molecule has 0 aliphatic heterocycles. The lowest BCUT2D eigenvalue weighted by Gasteiger charge is -2.09. The van der Waals surface area contributed by atoms with Gasteiger partial charge in [0.25, 0.3) is 0 Å². The van der Waals surface area contributed by atoms with Gasteiger partial charge >= 0.3 is 0 Å². The highest BCUT2D eigenvalue weighted by Crippen LogP contribution is 2.38. The van der Waals surface area contributed by atoms with Crippen molar-refractivity contribution >= 4 is 43.7 Å². The van der Waals surface area contributed by atoms with Crippen LogP contribution >= 0.6 is 0 Å². The van der Waals surface area contributed by atoms with Crippen LogP contribution < -0.4 is 0 Å². The predicted octanol–water partition coefficient (Wildman–Crippen LogP) is 13.2. The molecule has 0 spiro atoms. The first-order valence-corrected chi connectivity index (χ1v) is 18.8. The fourth-order valence-corrected chi connectivity index (χ4v) is 7.92. The highest BCUT2D eigenvalue weighted by molar-refractivity contribution is 6.11. The molecule has 0 aliphatic carbocycles. The summed E-state index contributed by atoms with van der Waals surface area (Å²) in [6.07, 6.45) is 0. The number of furan rings is 1. The Kier molecular flexibility index (Phi) is 7.42. The maximum atomic E-state index is 6.67. The summed E-state index contributed by atoms with van der Waals surface area (Å²) >= 11 is 0. The fourth-order valence-electron chi connectivity index (χ4n) is 7.92. The van der Waals surface area contributed by atoms with E-state index in [9.17, 15) is 0 Å². The quantitative estimate of drug-likeness (QED) is 0.172. The van der Waals surface area contributed by atoms with E-state index in [-0.39, 0.29) is 0 Å². The van der Waals surface area contributed by atoms with Gasteiger partial charge in [0.15, 0.2) is 17.5 Å². The van der Waals surface area contributed by atoms with Gasteiger partial charge in [-0.2, -0.15) is 0 Å². The second kappa shape index (κ2) is 13.0. The van der Waals surface area contributed by atoms with E-state index >= 15 is 0 Å². The molecule has 0 saturated carbocycles. The third kappa shape index (κ3) is 5.45. The minimum Gasteiger partial charge on any atom is -0.456 e. The van der Waals surface area contributed by atoms with Crippen molar-refractivity contribution in [3.63, 3.8) is 0 Å². The molecular formula is C51H32N4O. The molecule has 0 radical (unpaired) electrons. The Morgan fingerprint density at radius 1 is 0.304 bits per heavy atom. The molecule has 8 aromatic carbocycles. The van der Waals surface area contributed by atoms with E-state index < -0.39 is 0 Å². The SMILES string of the molecule is c1ccc(-c2ccc3c4ccccc4n(-c4ccc5c(c4)oc4cc(-c6cccc(-c7nc(-c8ccccc8)nc(-c8ccccc8)n7)c6)ccc45)c3c2)cc1. The van der Waals surface area contributed by atoms with Crippen LogP contribution in [0.2, 0.25) is 0 Å². The molecule has 11 rings (SSSR count). The highest BCUT2D eigenvalue weighted by Gasteiger charge is 2.17. The van der Waals surface area contributed by atoms with Crippen LogP contribution in [0, 0.1) is 0 Å². The van der Waals surface area contributed by atoms with Crippen LogP contribution in [0.1, 0.15) is 0 Å². The van der Waals surface area contributed by atoms with Crippen molar-refractivity contribution in [2.24, 2.45) is 0 Å². The molecule has 0 fully saturated rings. The fraction of sp³-hybridized carbons (Fsp3) is 0. The van der Waals surface area contributed by atoms with Crippen molar-refractivity contribution in [1.82, 2.24) is 19.5 Å². The van der Waals surface area contributed by atoms with Gasteiger partial charge in [-0.3, -0.25) is 0 Å². The second-order valence-corrected chi connectivity index (χ2v) is 14.1. The van der Waals surface area contributed by atoms with Gasteiger partial charge in [0.2, 0.25) is 0 Å². The first-order valence-electron chi connectivity index (χ1n) is 18.8. The Morgan fingerprint density at radius 3 is 1.48 bits per heavy atom. The molecular weight excluding hydrogens is 685 g/mol. The van der Waals surface area contributed by atoms with Gasteiger partial charge < -0.3 is 8.98 Å². The lowest BCUT2D eigenvalue weighted by molar-refractivity contribution is 0.669. The van der Waals surface area contributed by atoms with Crippen LogP contribution in [0.3, 0.4) is 0 Å². The average molecular weight is 717 g/mol. The molecule has 56 heavy (non-hydrogen) atoms. The Bertz CT molecular complexity index is 3180. The van der Waals surface area contributed by atoms with E-state index in [1.165, 1.54) is 21.9 Å². The van der Waals surface area contributed by atoms with Gasteiger partial charge in [0.05, 0.1) is 11.0 Å². The molecule has 0 saturated heterocycles. The van der Waals surface area contributed by atoms with E-state index in [2.05, 4.69) is 138 Å². The molecule has 262 valence electrons. The zero-order valence-corrected chi connectivity index (χ0v) is 30.2. The molecule has 0 unspecified atom stereocenters. The van der Waals surface area contributed by atoms with Crippen LogP contribution in [0.4, 0.5) is 0 Å². The number of hydrogen-bond acceptors (Lipinski definition) is 4. The first-order chi connectivity index (χ1) is 27.7. The molecule has 5 heteroatoms. The molecule has 5 nitrogen and oxygen atoms in total. The van der Waals surface area contributed by atoms with Gasteiger partial charge in [-0.1, -0.05) is 146 Å².